The van der Waals surface area contributed by atoms with Crippen LogP contribution in [-0.2, 0) is 9.53 Å². The molecular weight excluding hydrogens is 212 g/mol. The van der Waals surface area contributed by atoms with E-state index >= 15 is 0 Å². The molecule has 0 aromatic carbocycles. The predicted molar refractivity (Wildman–Crippen MR) is 73.0 cm³/mol. The van der Waals surface area contributed by atoms with Gasteiger partial charge in [-0.25, -0.2) is 4.79 Å². The highest BCUT2D eigenvalue weighted by Crippen LogP contribution is 2.13. The average Bonchev–Trinajstić information content (AvgIpc) is 2.36. The first-order chi connectivity index (χ1) is 8.26. The third kappa shape index (κ3) is 8.96. The average molecular weight is 240 g/mol. The summed E-state index contributed by atoms with van der Waals surface area (Å²) in [6.07, 6.45) is 13.1. The van der Waals surface area contributed by atoms with Crippen molar-refractivity contribution in [3.8, 4) is 0 Å². The van der Waals surface area contributed by atoms with Gasteiger partial charge in [0, 0.05) is 5.57 Å². The molecule has 0 aromatic heterocycles. The molecule has 0 radical (unpaired) electrons. The molecule has 2 heteroatoms. The molecule has 0 atom stereocenters. The molecule has 0 aliphatic heterocycles. The molecule has 0 bridgehead atoms. The number of methoxy groups -OCH3 is 1. The SMILES string of the molecule is C/C=C(\CCCCCCCCCC)C(=O)OC. The van der Waals surface area contributed by atoms with E-state index in [1.807, 2.05) is 13.0 Å². The largest absolute Gasteiger partial charge is 0.466 e. The van der Waals surface area contributed by atoms with Gasteiger partial charge >= 0.3 is 5.97 Å². The molecule has 0 rings (SSSR count). The van der Waals surface area contributed by atoms with Crippen molar-refractivity contribution in [2.45, 2.75) is 71.6 Å². The maximum atomic E-state index is 11.3. The molecule has 0 aliphatic carbocycles. The first-order valence-electron chi connectivity index (χ1n) is 6.99. The lowest BCUT2D eigenvalue weighted by Crippen LogP contribution is -2.04. The van der Waals surface area contributed by atoms with Crippen molar-refractivity contribution in [2.24, 2.45) is 0 Å². The highest BCUT2D eigenvalue weighted by Gasteiger charge is 2.06. The highest BCUT2D eigenvalue weighted by atomic mass is 16.5. The van der Waals surface area contributed by atoms with E-state index in [4.69, 9.17) is 4.74 Å². The van der Waals surface area contributed by atoms with Gasteiger partial charge < -0.3 is 4.74 Å². The lowest BCUT2D eigenvalue weighted by molar-refractivity contribution is -0.136. The number of hydrogen-bond acceptors (Lipinski definition) is 2. The van der Waals surface area contributed by atoms with E-state index in [1.165, 1.54) is 52.1 Å². The minimum atomic E-state index is -0.171. The zero-order chi connectivity index (χ0) is 12.9. The van der Waals surface area contributed by atoms with E-state index < -0.39 is 0 Å². The first kappa shape index (κ1) is 16.2. The summed E-state index contributed by atoms with van der Waals surface area (Å²) in [6.45, 7) is 4.14. The van der Waals surface area contributed by atoms with Crippen LogP contribution in [0.2, 0.25) is 0 Å². The topological polar surface area (TPSA) is 26.3 Å². The Bertz CT molecular complexity index is 219. The van der Waals surface area contributed by atoms with E-state index in [-0.39, 0.29) is 5.97 Å². The number of ether oxygens (including phenoxy) is 1. The summed E-state index contributed by atoms with van der Waals surface area (Å²) >= 11 is 0. The van der Waals surface area contributed by atoms with Crippen LogP contribution in [0.1, 0.15) is 71.6 Å². The minimum Gasteiger partial charge on any atom is -0.466 e. The quantitative estimate of drug-likeness (QED) is 0.316. The zero-order valence-corrected chi connectivity index (χ0v) is 11.8. The molecule has 17 heavy (non-hydrogen) atoms. The Kier molecular flexibility index (Phi) is 11.1. The van der Waals surface area contributed by atoms with Crippen LogP contribution in [0.5, 0.6) is 0 Å². The second kappa shape index (κ2) is 11.7. The van der Waals surface area contributed by atoms with Gasteiger partial charge in [-0.2, -0.15) is 0 Å². The molecule has 100 valence electrons. The lowest BCUT2D eigenvalue weighted by atomic mass is 10.0. The van der Waals surface area contributed by atoms with Crippen LogP contribution in [0, 0.1) is 0 Å². The molecule has 2 nitrogen and oxygen atoms in total. The van der Waals surface area contributed by atoms with Gasteiger partial charge in [0.1, 0.15) is 0 Å². The molecule has 0 saturated heterocycles. The summed E-state index contributed by atoms with van der Waals surface area (Å²) in [5.74, 6) is -0.171. The van der Waals surface area contributed by atoms with Gasteiger partial charge in [-0.15, -0.1) is 0 Å². The first-order valence-corrected chi connectivity index (χ1v) is 6.99. The summed E-state index contributed by atoms with van der Waals surface area (Å²) < 4.78 is 4.72. The van der Waals surface area contributed by atoms with Gasteiger partial charge in [0.05, 0.1) is 7.11 Å². The van der Waals surface area contributed by atoms with Crippen LogP contribution in [0.15, 0.2) is 11.6 Å². The molecule has 0 spiro atoms. The van der Waals surface area contributed by atoms with Gasteiger partial charge in [-0.3, -0.25) is 0 Å². The van der Waals surface area contributed by atoms with Crippen LogP contribution in [-0.4, -0.2) is 13.1 Å². The normalized spacial score (nSPS) is 11.6. The molecule has 0 aromatic rings. The maximum absolute atomic E-state index is 11.3. The number of esters is 1. The van der Waals surface area contributed by atoms with Crippen LogP contribution < -0.4 is 0 Å². The monoisotopic (exact) mass is 240 g/mol. The summed E-state index contributed by atoms with van der Waals surface area (Å²) in [7, 11) is 1.44. The molecule has 0 heterocycles. The van der Waals surface area contributed by atoms with Crippen LogP contribution >= 0.6 is 0 Å². The van der Waals surface area contributed by atoms with Crippen molar-refractivity contribution in [1.82, 2.24) is 0 Å². The van der Waals surface area contributed by atoms with Crippen molar-refractivity contribution in [3.63, 3.8) is 0 Å². The van der Waals surface area contributed by atoms with Gasteiger partial charge in [-0.1, -0.05) is 57.9 Å². The fourth-order valence-electron chi connectivity index (χ4n) is 1.94. The van der Waals surface area contributed by atoms with Gasteiger partial charge in [0.25, 0.3) is 0 Å². The second-order valence-corrected chi connectivity index (χ2v) is 4.53. The Balaban J connectivity index is 3.41. The van der Waals surface area contributed by atoms with E-state index in [1.54, 1.807) is 0 Å². The molecule has 0 N–H and O–H groups in total. The van der Waals surface area contributed by atoms with Crippen molar-refractivity contribution in [2.75, 3.05) is 7.11 Å². The number of rotatable bonds is 10. The number of unbranched alkanes of at least 4 members (excludes halogenated alkanes) is 7. The van der Waals surface area contributed by atoms with Crippen molar-refractivity contribution in [1.29, 1.82) is 0 Å². The summed E-state index contributed by atoms with van der Waals surface area (Å²) in [4.78, 5) is 11.3. The summed E-state index contributed by atoms with van der Waals surface area (Å²) in [5.41, 5.74) is 0.818. The van der Waals surface area contributed by atoms with Crippen LogP contribution in [0.3, 0.4) is 0 Å². The standard InChI is InChI=1S/C15H28O2/c1-4-6-7-8-9-10-11-12-13-14(5-2)15(16)17-3/h5H,4,6-13H2,1-3H3/b14-5+. The number of carbonyl (C=O) groups is 1. The Labute approximate surface area is 106 Å². The Morgan fingerprint density at radius 2 is 1.53 bits per heavy atom. The zero-order valence-electron chi connectivity index (χ0n) is 11.8. The number of carbonyl (C=O) groups excluding carboxylic acids is 1. The molecule has 0 unspecified atom stereocenters. The van der Waals surface area contributed by atoms with E-state index in [9.17, 15) is 4.79 Å². The molecule has 0 saturated carbocycles. The van der Waals surface area contributed by atoms with E-state index in [2.05, 4.69) is 6.92 Å². The van der Waals surface area contributed by atoms with E-state index in [0.29, 0.717) is 0 Å². The third-order valence-electron chi connectivity index (χ3n) is 3.10. The van der Waals surface area contributed by atoms with E-state index in [0.717, 1.165) is 18.4 Å². The molecule has 0 fully saturated rings. The number of hydrogen-bond donors (Lipinski definition) is 0. The second-order valence-electron chi connectivity index (χ2n) is 4.53. The summed E-state index contributed by atoms with van der Waals surface area (Å²) in [5, 5.41) is 0. The summed E-state index contributed by atoms with van der Waals surface area (Å²) in [6, 6.07) is 0. The Morgan fingerprint density at radius 1 is 1.00 bits per heavy atom. The Hall–Kier alpha value is -0.790. The Morgan fingerprint density at radius 3 is 2.00 bits per heavy atom. The fraction of sp³-hybridized carbons (Fsp3) is 0.800. The predicted octanol–water partition coefficient (Wildman–Crippen LogP) is 4.64. The molecular formula is C15H28O2. The van der Waals surface area contributed by atoms with Crippen molar-refractivity contribution >= 4 is 5.97 Å². The van der Waals surface area contributed by atoms with Gasteiger partial charge in [-0.05, 0) is 19.8 Å². The van der Waals surface area contributed by atoms with Gasteiger partial charge in [0.15, 0.2) is 0 Å². The molecule has 0 amide bonds. The van der Waals surface area contributed by atoms with Gasteiger partial charge in [0.2, 0.25) is 0 Å². The maximum Gasteiger partial charge on any atom is 0.333 e. The van der Waals surface area contributed by atoms with Crippen LogP contribution in [0.4, 0.5) is 0 Å². The smallest absolute Gasteiger partial charge is 0.333 e. The highest BCUT2D eigenvalue weighted by molar-refractivity contribution is 5.88. The van der Waals surface area contributed by atoms with Crippen molar-refractivity contribution < 1.29 is 9.53 Å². The lowest BCUT2D eigenvalue weighted by Gasteiger charge is -2.04. The minimum absolute atomic E-state index is 0.171. The number of allylic oxidation sites excluding steroid dienone is 1. The van der Waals surface area contributed by atoms with Crippen molar-refractivity contribution in [3.05, 3.63) is 11.6 Å². The molecule has 0 aliphatic rings. The third-order valence-corrected chi connectivity index (χ3v) is 3.10. The van der Waals surface area contributed by atoms with Crippen LogP contribution in [0.25, 0.3) is 0 Å². The fourth-order valence-corrected chi connectivity index (χ4v) is 1.94.